The number of hydrogen-bond acceptors (Lipinski definition) is 6. The van der Waals surface area contributed by atoms with Gasteiger partial charge in [-0.05, 0) is 51.4 Å². The predicted molar refractivity (Wildman–Crippen MR) is 279 cm³/mol. The highest BCUT2D eigenvalue weighted by Gasteiger charge is 2.19. The first-order valence-electron chi connectivity index (χ1n) is 28.5. The van der Waals surface area contributed by atoms with E-state index in [2.05, 4.69) is 57.2 Å². The molecule has 0 aromatic heterocycles. The van der Waals surface area contributed by atoms with Gasteiger partial charge in [0.2, 0.25) is 0 Å². The minimum atomic E-state index is -0.774. The molecule has 0 heterocycles. The maximum Gasteiger partial charge on any atom is 0.306 e. The lowest BCUT2D eigenvalue weighted by molar-refractivity contribution is -0.167. The molecule has 0 unspecified atom stereocenters. The molecular formula is C59H108O6. The van der Waals surface area contributed by atoms with Gasteiger partial charge in [-0.1, -0.05) is 269 Å². The summed E-state index contributed by atoms with van der Waals surface area (Å²) in [5, 5.41) is 0. The Kier molecular flexibility index (Phi) is 52.3. The number of unbranched alkanes of at least 4 members (excludes halogenated alkanes) is 35. The Labute approximate surface area is 404 Å². The lowest BCUT2D eigenvalue weighted by Gasteiger charge is -2.18. The molecule has 0 radical (unpaired) electrons. The number of ether oxygens (including phenoxy) is 3. The van der Waals surface area contributed by atoms with Crippen molar-refractivity contribution in [1.29, 1.82) is 0 Å². The standard InChI is InChI=1S/C59H108O6/c1-4-7-10-13-16-19-22-25-28-31-34-37-40-43-46-49-52-58(61)64-55-56(54-63-57(60)51-48-45-42-39-36-33-30-27-24-21-18-15-12-9-6-3)65-59(62)53-50-47-44-41-38-35-32-29-26-23-20-17-14-11-8-5-2/h9,12,18,21,27,30,56H,4-8,10-11,13-17,19-20,22-26,28-29,31-55H2,1-3H3/b12-9-,21-18-,30-27-/t56-/m1/s1. The lowest BCUT2D eigenvalue weighted by Crippen LogP contribution is -2.30. The zero-order valence-corrected chi connectivity index (χ0v) is 43.5. The molecule has 0 aliphatic heterocycles. The van der Waals surface area contributed by atoms with Crippen molar-refractivity contribution in [3.05, 3.63) is 36.5 Å². The van der Waals surface area contributed by atoms with Crippen molar-refractivity contribution < 1.29 is 28.6 Å². The topological polar surface area (TPSA) is 78.9 Å². The summed E-state index contributed by atoms with van der Waals surface area (Å²) in [5.41, 5.74) is 0. The summed E-state index contributed by atoms with van der Waals surface area (Å²) < 4.78 is 16.9. The van der Waals surface area contributed by atoms with E-state index >= 15 is 0 Å². The molecule has 0 saturated carbocycles. The zero-order chi connectivity index (χ0) is 47.2. The van der Waals surface area contributed by atoms with Crippen molar-refractivity contribution >= 4 is 17.9 Å². The molecule has 0 saturated heterocycles. The smallest absolute Gasteiger partial charge is 0.306 e. The molecule has 0 rings (SSSR count). The van der Waals surface area contributed by atoms with E-state index in [1.807, 2.05) is 0 Å². The van der Waals surface area contributed by atoms with Crippen LogP contribution < -0.4 is 0 Å². The van der Waals surface area contributed by atoms with Crippen LogP contribution >= 0.6 is 0 Å². The van der Waals surface area contributed by atoms with Gasteiger partial charge in [0, 0.05) is 19.3 Å². The van der Waals surface area contributed by atoms with E-state index < -0.39 is 6.10 Å². The summed E-state index contributed by atoms with van der Waals surface area (Å²) in [6.45, 7) is 6.56. The van der Waals surface area contributed by atoms with Crippen LogP contribution in [0.5, 0.6) is 0 Å². The first-order valence-corrected chi connectivity index (χ1v) is 28.5. The molecular weight excluding hydrogens is 805 g/mol. The van der Waals surface area contributed by atoms with Crippen LogP contribution in [-0.2, 0) is 28.6 Å². The van der Waals surface area contributed by atoms with E-state index in [1.165, 1.54) is 167 Å². The molecule has 0 fully saturated rings. The van der Waals surface area contributed by atoms with Crippen molar-refractivity contribution in [3.63, 3.8) is 0 Å². The average molecular weight is 914 g/mol. The summed E-state index contributed by atoms with van der Waals surface area (Å²) in [4.78, 5) is 38.1. The van der Waals surface area contributed by atoms with Gasteiger partial charge in [0.15, 0.2) is 6.10 Å². The van der Waals surface area contributed by atoms with Crippen LogP contribution in [0.1, 0.15) is 303 Å². The highest BCUT2D eigenvalue weighted by Crippen LogP contribution is 2.17. The van der Waals surface area contributed by atoms with Gasteiger partial charge in [0.1, 0.15) is 13.2 Å². The monoisotopic (exact) mass is 913 g/mol. The van der Waals surface area contributed by atoms with Crippen LogP contribution in [0, 0.1) is 0 Å². The number of carbonyl (C=O) groups excluding carboxylic acids is 3. The van der Waals surface area contributed by atoms with Crippen LogP contribution in [0.25, 0.3) is 0 Å². The van der Waals surface area contributed by atoms with Gasteiger partial charge in [-0.25, -0.2) is 0 Å². The summed E-state index contributed by atoms with van der Waals surface area (Å²) in [6.07, 6.45) is 64.2. The Morgan fingerprint density at radius 1 is 0.323 bits per heavy atom. The second kappa shape index (κ2) is 54.2. The quantitative estimate of drug-likeness (QED) is 0.0262. The molecule has 380 valence electrons. The number of rotatable bonds is 52. The molecule has 0 aliphatic carbocycles. The minimum absolute atomic E-state index is 0.0727. The predicted octanol–water partition coefficient (Wildman–Crippen LogP) is 18.9. The SMILES string of the molecule is CC/C=C\C/C=C\C/C=C\CCCCCCCC(=O)OC[C@H](COC(=O)CCCCCCCCCCCCCCCCCC)OC(=O)CCCCCCCCCCCCCCCCCC. The second-order valence-corrected chi connectivity index (χ2v) is 19.2. The largest absolute Gasteiger partial charge is 0.462 e. The van der Waals surface area contributed by atoms with Gasteiger partial charge < -0.3 is 14.2 Å². The van der Waals surface area contributed by atoms with Crippen LogP contribution in [0.15, 0.2) is 36.5 Å². The Morgan fingerprint density at radius 3 is 0.938 bits per heavy atom. The third-order valence-electron chi connectivity index (χ3n) is 12.7. The molecule has 6 nitrogen and oxygen atoms in total. The van der Waals surface area contributed by atoms with E-state index in [1.54, 1.807) is 0 Å². The molecule has 0 aliphatic rings. The van der Waals surface area contributed by atoms with Crippen LogP contribution in [0.3, 0.4) is 0 Å². The van der Waals surface area contributed by atoms with Gasteiger partial charge >= 0.3 is 17.9 Å². The maximum absolute atomic E-state index is 12.8. The van der Waals surface area contributed by atoms with Gasteiger partial charge in [-0.15, -0.1) is 0 Å². The van der Waals surface area contributed by atoms with E-state index in [0.29, 0.717) is 19.3 Å². The summed E-state index contributed by atoms with van der Waals surface area (Å²) in [6, 6.07) is 0. The highest BCUT2D eigenvalue weighted by atomic mass is 16.6. The Balaban J connectivity index is 4.35. The fraction of sp³-hybridized carbons (Fsp3) is 0.847. The Morgan fingerprint density at radius 2 is 0.600 bits per heavy atom. The lowest BCUT2D eigenvalue weighted by atomic mass is 10.0. The second-order valence-electron chi connectivity index (χ2n) is 19.2. The molecule has 0 N–H and O–H groups in total. The van der Waals surface area contributed by atoms with Gasteiger partial charge in [0.05, 0.1) is 0 Å². The molecule has 0 amide bonds. The molecule has 6 heteroatoms. The van der Waals surface area contributed by atoms with Crippen molar-refractivity contribution in [2.45, 2.75) is 309 Å². The van der Waals surface area contributed by atoms with E-state index in [9.17, 15) is 14.4 Å². The van der Waals surface area contributed by atoms with E-state index in [0.717, 1.165) is 96.3 Å². The number of carbonyl (C=O) groups is 3. The normalized spacial score (nSPS) is 12.2. The van der Waals surface area contributed by atoms with Crippen molar-refractivity contribution in [3.8, 4) is 0 Å². The zero-order valence-electron chi connectivity index (χ0n) is 43.5. The number of allylic oxidation sites excluding steroid dienone is 6. The molecule has 0 bridgehead atoms. The fourth-order valence-corrected chi connectivity index (χ4v) is 8.40. The van der Waals surface area contributed by atoms with Crippen molar-refractivity contribution in [2.75, 3.05) is 13.2 Å². The summed E-state index contributed by atoms with van der Waals surface area (Å²) in [5.74, 6) is -0.871. The van der Waals surface area contributed by atoms with Crippen LogP contribution in [0.2, 0.25) is 0 Å². The summed E-state index contributed by atoms with van der Waals surface area (Å²) in [7, 11) is 0. The third kappa shape index (κ3) is 52.5. The highest BCUT2D eigenvalue weighted by molar-refractivity contribution is 5.71. The van der Waals surface area contributed by atoms with Crippen LogP contribution in [-0.4, -0.2) is 37.2 Å². The summed E-state index contributed by atoms with van der Waals surface area (Å²) >= 11 is 0. The Bertz CT molecular complexity index is 1090. The first kappa shape index (κ1) is 62.6. The maximum atomic E-state index is 12.8. The molecule has 1 atom stereocenters. The van der Waals surface area contributed by atoms with E-state index in [-0.39, 0.29) is 31.1 Å². The van der Waals surface area contributed by atoms with Gasteiger partial charge in [-0.2, -0.15) is 0 Å². The average Bonchev–Trinajstić information content (AvgIpc) is 3.30. The molecule has 0 aromatic carbocycles. The minimum Gasteiger partial charge on any atom is -0.462 e. The van der Waals surface area contributed by atoms with Gasteiger partial charge in [0.25, 0.3) is 0 Å². The van der Waals surface area contributed by atoms with Crippen LogP contribution in [0.4, 0.5) is 0 Å². The van der Waals surface area contributed by atoms with Gasteiger partial charge in [-0.3, -0.25) is 14.4 Å². The number of esters is 3. The molecule has 0 spiro atoms. The Hall–Kier alpha value is -2.37. The van der Waals surface area contributed by atoms with Crippen molar-refractivity contribution in [2.24, 2.45) is 0 Å². The molecule has 65 heavy (non-hydrogen) atoms. The van der Waals surface area contributed by atoms with Crippen molar-refractivity contribution in [1.82, 2.24) is 0 Å². The molecule has 0 aromatic rings. The van der Waals surface area contributed by atoms with E-state index in [4.69, 9.17) is 14.2 Å². The fourth-order valence-electron chi connectivity index (χ4n) is 8.40. The third-order valence-corrected chi connectivity index (χ3v) is 12.7. The first-order chi connectivity index (χ1) is 32.0. The number of hydrogen-bond donors (Lipinski definition) is 0.